The lowest BCUT2D eigenvalue weighted by Gasteiger charge is -2.32. The summed E-state index contributed by atoms with van der Waals surface area (Å²) in [6.45, 7) is 2.59. The monoisotopic (exact) mass is 353 g/mol. The van der Waals surface area contributed by atoms with Gasteiger partial charge in [-0.05, 0) is 44.0 Å². The lowest BCUT2D eigenvalue weighted by Crippen LogP contribution is -2.52. The molecule has 1 fully saturated rings. The van der Waals surface area contributed by atoms with Crippen LogP contribution in [0.2, 0.25) is 0 Å². The summed E-state index contributed by atoms with van der Waals surface area (Å²) in [7, 11) is 0. The molecule has 134 valence electrons. The molecule has 0 aliphatic carbocycles. The first-order valence-corrected chi connectivity index (χ1v) is 8.34. The normalized spacial score (nSPS) is 17.0. The van der Waals surface area contributed by atoms with Crippen LogP contribution in [0, 0.1) is 6.92 Å². The van der Waals surface area contributed by atoms with Gasteiger partial charge in [-0.25, -0.2) is 9.78 Å². The summed E-state index contributed by atoms with van der Waals surface area (Å²) in [5, 5.41) is 11.6. The van der Waals surface area contributed by atoms with E-state index in [1.807, 2.05) is 31.2 Å². The molecule has 0 bridgehead atoms. The van der Waals surface area contributed by atoms with E-state index in [1.165, 1.54) is 18.3 Å². The number of piperidine rings is 1. The Balaban J connectivity index is 1.70. The van der Waals surface area contributed by atoms with E-state index in [0.717, 1.165) is 17.7 Å². The number of aromatic nitrogens is 1. The highest BCUT2D eigenvalue weighted by atomic mass is 16.4. The second-order valence-electron chi connectivity index (χ2n) is 6.23. The number of anilines is 1. The van der Waals surface area contributed by atoms with E-state index in [0.29, 0.717) is 13.0 Å². The van der Waals surface area contributed by atoms with Crippen molar-refractivity contribution in [2.45, 2.75) is 25.8 Å². The van der Waals surface area contributed by atoms with Crippen molar-refractivity contribution in [1.29, 1.82) is 0 Å². The number of carbonyl (C=O) groups excluding carboxylic acids is 2. The molecule has 1 aromatic heterocycles. The highest BCUT2D eigenvalue weighted by Gasteiger charge is 2.31. The topological polar surface area (TPSA) is 99.6 Å². The Morgan fingerprint density at radius 3 is 2.54 bits per heavy atom. The van der Waals surface area contributed by atoms with Crippen LogP contribution in [0.15, 0.2) is 42.6 Å². The predicted octanol–water partition coefficient (Wildman–Crippen LogP) is 2.01. The number of aromatic carboxylic acids is 1. The van der Waals surface area contributed by atoms with Crippen LogP contribution < -0.4 is 10.2 Å². The summed E-state index contributed by atoms with van der Waals surface area (Å²) < 4.78 is 0. The van der Waals surface area contributed by atoms with E-state index in [4.69, 9.17) is 5.11 Å². The van der Waals surface area contributed by atoms with Gasteiger partial charge in [-0.15, -0.1) is 0 Å². The summed E-state index contributed by atoms with van der Waals surface area (Å²) in [4.78, 5) is 41.3. The van der Waals surface area contributed by atoms with Crippen LogP contribution >= 0.6 is 0 Å². The largest absolute Gasteiger partial charge is 0.477 e. The predicted molar refractivity (Wildman–Crippen MR) is 95.2 cm³/mol. The van der Waals surface area contributed by atoms with Gasteiger partial charge >= 0.3 is 5.97 Å². The minimum atomic E-state index is -1.16. The van der Waals surface area contributed by atoms with E-state index in [1.54, 1.807) is 4.90 Å². The molecule has 1 aliphatic heterocycles. The molecule has 1 unspecified atom stereocenters. The molecular formula is C19H19N3O4. The standard InChI is InChI=1S/C19H19N3O4/c1-12-4-7-14(8-5-12)22-10-2-3-15(18(22)24)21-17(23)13-6-9-16(19(25)26)20-11-13/h4-9,11,15H,2-3,10H2,1H3,(H,21,23)(H,25,26). The van der Waals surface area contributed by atoms with Crippen LogP contribution in [0.3, 0.4) is 0 Å². The highest BCUT2D eigenvalue weighted by molar-refractivity contribution is 6.02. The number of pyridine rings is 1. The Labute approximate surface area is 150 Å². The lowest BCUT2D eigenvalue weighted by molar-refractivity contribution is -0.121. The molecule has 3 rings (SSSR count). The second kappa shape index (κ2) is 7.35. The molecule has 1 saturated heterocycles. The Morgan fingerprint density at radius 1 is 1.19 bits per heavy atom. The van der Waals surface area contributed by atoms with Crippen molar-refractivity contribution in [3.05, 3.63) is 59.4 Å². The summed E-state index contributed by atoms with van der Waals surface area (Å²) in [6, 6.07) is 9.71. The van der Waals surface area contributed by atoms with Crippen molar-refractivity contribution in [2.24, 2.45) is 0 Å². The molecule has 26 heavy (non-hydrogen) atoms. The van der Waals surface area contributed by atoms with Gasteiger partial charge in [0.25, 0.3) is 5.91 Å². The summed E-state index contributed by atoms with van der Waals surface area (Å²) in [5.74, 6) is -1.75. The summed E-state index contributed by atoms with van der Waals surface area (Å²) in [6.07, 6.45) is 2.54. The number of nitrogens with zero attached hydrogens (tertiary/aromatic N) is 2. The number of benzene rings is 1. The van der Waals surface area contributed by atoms with Gasteiger partial charge in [-0.1, -0.05) is 17.7 Å². The maximum atomic E-state index is 12.7. The number of carboxylic acid groups (broad SMARTS) is 1. The van der Waals surface area contributed by atoms with Gasteiger partial charge in [0.15, 0.2) is 0 Å². The average molecular weight is 353 g/mol. The zero-order valence-electron chi connectivity index (χ0n) is 14.3. The molecule has 0 saturated carbocycles. The first kappa shape index (κ1) is 17.6. The van der Waals surface area contributed by atoms with Crippen molar-refractivity contribution < 1.29 is 19.5 Å². The minimum Gasteiger partial charge on any atom is -0.477 e. The highest BCUT2D eigenvalue weighted by Crippen LogP contribution is 2.21. The Morgan fingerprint density at radius 2 is 1.92 bits per heavy atom. The number of hydrogen-bond acceptors (Lipinski definition) is 4. The van der Waals surface area contributed by atoms with Crippen LogP contribution in [-0.2, 0) is 4.79 Å². The summed E-state index contributed by atoms with van der Waals surface area (Å²) >= 11 is 0. The molecule has 7 nitrogen and oxygen atoms in total. The van der Waals surface area contributed by atoms with Crippen LogP contribution in [0.4, 0.5) is 5.69 Å². The number of rotatable bonds is 4. The maximum Gasteiger partial charge on any atom is 0.354 e. The number of hydrogen-bond donors (Lipinski definition) is 2. The van der Waals surface area contributed by atoms with Crippen molar-refractivity contribution in [3.8, 4) is 0 Å². The molecule has 2 aromatic rings. The molecule has 0 spiro atoms. The van der Waals surface area contributed by atoms with Gasteiger partial charge in [0, 0.05) is 18.4 Å². The third-order valence-corrected chi connectivity index (χ3v) is 4.33. The molecule has 1 aliphatic rings. The second-order valence-corrected chi connectivity index (χ2v) is 6.23. The molecule has 2 N–H and O–H groups in total. The van der Waals surface area contributed by atoms with Crippen molar-refractivity contribution in [2.75, 3.05) is 11.4 Å². The van der Waals surface area contributed by atoms with Gasteiger partial charge in [0.05, 0.1) is 5.56 Å². The first-order chi connectivity index (χ1) is 12.5. The van der Waals surface area contributed by atoms with E-state index < -0.39 is 17.9 Å². The number of nitrogens with one attached hydrogen (secondary N) is 1. The first-order valence-electron chi connectivity index (χ1n) is 8.34. The molecule has 2 amide bonds. The van der Waals surface area contributed by atoms with E-state index in [-0.39, 0.29) is 17.2 Å². The van der Waals surface area contributed by atoms with Crippen LogP contribution in [0.25, 0.3) is 0 Å². The number of amides is 2. The molecular weight excluding hydrogens is 334 g/mol. The quantitative estimate of drug-likeness (QED) is 0.876. The van der Waals surface area contributed by atoms with E-state index in [9.17, 15) is 14.4 Å². The van der Waals surface area contributed by atoms with Crippen LogP contribution in [-0.4, -0.2) is 40.5 Å². The fourth-order valence-corrected chi connectivity index (χ4v) is 2.89. The molecule has 1 aromatic carbocycles. The Bertz CT molecular complexity index is 831. The van der Waals surface area contributed by atoms with Crippen molar-refractivity contribution in [3.63, 3.8) is 0 Å². The lowest BCUT2D eigenvalue weighted by atomic mass is 10.0. The van der Waals surface area contributed by atoms with Gasteiger partial charge in [0.2, 0.25) is 5.91 Å². The SMILES string of the molecule is Cc1ccc(N2CCCC(NC(=O)c3ccc(C(=O)O)nc3)C2=O)cc1. The third-order valence-electron chi connectivity index (χ3n) is 4.33. The van der Waals surface area contributed by atoms with Gasteiger partial charge < -0.3 is 15.3 Å². The maximum absolute atomic E-state index is 12.7. The molecule has 1 atom stereocenters. The molecule has 0 radical (unpaired) electrons. The molecule has 7 heteroatoms. The third kappa shape index (κ3) is 3.72. The zero-order valence-corrected chi connectivity index (χ0v) is 14.3. The average Bonchev–Trinajstić information content (AvgIpc) is 2.64. The minimum absolute atomic E-state index is 0.138. The number of aryl methyl sites for hydroxylation is 1. The number of carboxylic acids is 1. The number of carbonyl (C=O) groups is 3. The van der Waals surface area contributed by atoms with E-state index >= 15 is 0 Å². The zero-order chi connectivity index (χ0) is 18.7. The smallest absolute Gasteiger partial charge is 0.354 e. The Kier molecular flexibility index (Phi) is 4.97. The Hall–Kier alpha value is -3.22. The van der Waals surface area contributed by atoms with Crippen molar-refractivity contribution >= 4 is 23.5 Å². The fourth-order valence-electron chi connectivity index (χ4n) is 2.89. The molecule has 2 heterocycles. The van der Waals surface area contributed by atoms with Gasteiger partial charge in [-0.2, -0.15) is 0 Å². The van der Waals surface area contributed by atoms with E-state index in [2.05, 4.69) is 10.3 Å². The van der Waals surface area contributed by atoms with Gasteiger partial charge in [-0.3, -0.25) is 9.59 Å². The van der Waals surface area contributed by atoms with Gasteiger partial charge in [0.1, 0.15) is 11.7 Å². The fraction of sp³-hybridized carbons (Fsp3) is 0.263. The summed E-state index contributed by atoms with van der Waals surface area (Å²) in [5.41, 5.74) is 2.00. The van der Waals surface area contributed by atoms with Crippen LogP contribution in [0.5, 0.6) is 0 Å². The van der Waals surface area contributed by atoms with Crippen molar-refractivity contribution in [1.82, 2.24) is 10.3 Å². The van der Waals surface area contributed by atoms with Crippen LogP contribution in [0.1, 0.15) is 39.3 Å².